The molecule has 0 aliphatic rings. The van der Waals surface area contributed by atoms with E-state index in [-0.39, 0.29) is 5.91 Å². The molecule has 2 aromatic carbocycles. The van der Waals surface area contributed by atoms with E-state index in [1.165, 1.54) is 0 Å². The number of ether oxygens (including phenoxy) is 1. The molecule has 0 aliphatic heterocycles. The molecule has 2 rings (SSSR count). The summed E-state index contributed by atoms with van der Waals surface area (Å²) in [6, 6.07) is 17.3. The Kier molecular flexibility index (Phi) is 5.90. The van der Waals surface area contributed by atoms with E-state index in [2.05, 4.69) is 5.32 Å². The fourth-order valence-electron chi connectivity index (χ4n) is 2.36. The molecule has 1 atom stereocenters. The van der Waals surface area contributed by atoms with Crippen molar-refractivity contribution in [3.63, 3.8) is 0 Å². The first-order valence-electron chi connectivity index (χ1n) is 7.83. The molecule has 4 heteroatoms. The van der Waals surface area contributed by atoms with E-state index in [1.54, 1.807) is 6.92 Å². The Morgan fingerprint density at radius 3 is 2.35 bits per heavy atom. The summed E-state index contributed by atoms with van der Waals surface area (Å²) in [4.78, 5) is 12.5. The lowest BCUT2D eigenvalue weighted by Gasteiger charge is -2.24. The van der Waals surface area contributed by atoms with Crippen molar-refractivity contribution in [3.05, 3.63) is 71.3 Å². The molecular weight excluding hydrogens is 288 g/mol. The number of nitrogens with one attached hydrogen (secondary N) is 1. The van der Waals surface area contributed by atoms with Gasteiger partial charge in [-0.15, -0.1) is 0 Å². The highest BCUT2D eigenvalue weighted by molar-refractivity contribution is 5.86. The summed E-state index contributed by atoms with van der Waals surface area (Å²) in [5.74, 6) is -0.199. The summed E-state index contributed by atoms with van der Waals surface area (Å²) < 4.78 is 5.47. The molecule has 1 unspecified atom stereocenters. The fourth-order valence-corrected chi connectivity index (χ4v) is 2.36. The number of hydrogen-bond acceptors (Lipinski definition) is 3. The number of rotatable bonds is 7. The summed E-state index contributed by atoms with van der Waals surface area (Å²) in [7, 11) is 0. The SMILES string of the molecule is CCOCc1ccccc1CNC(=O)C(C)(N)c1ccccc1. The lowest BCUT2D eigenvalue weighted by Crippen LogP contribution is -2.48. The standard InChI is InChI=1S/C19H24N2O2/c1-3-23-14-16-10-8-7-9-15(16)13-21-18(22)19(2,20)17-11-5-4-6-12-17/h4-12H,3,13-14,20H2,1-2H3,(H,21,22). The number of carbonyl (C=O) groups is 1. The molecule has 23 heavy (non-hydrogen) atoms. The molecule has 0 aromatic heterocycles. The van der Waals surface area contributed by atoms with E-state index < -0.39 is 5.54 Å². The lowest BCUT2D eigenvalue weighted by atomic mass is 9.92. The van der Waals surface area contributed by atoms with Gasteiger partial charge in [0, 0.05) is 13.2 Å². The fraction of sp³-hybridized carbons (Fsp3) is 0.316. The van der Waals surface area contributed by atoms with Crippen molar-refractivity contribution in [1.82, 2.24) is 5.32 Å². The topological polar surface area (TPSA) is 64.3 Å². The molecule has 2 aromatic rings. The summed E-state index contributed by atoms with van der Waals surface area (Å²) in [5.41, 5.74) is 8.08. The normalized spacial score (nSPS) is 13.3. The second kappa shape index (κ2) is 7.90. The van der Waals surface area contributed by atoms with Gasteiger partial charge in [-0.3, -0.25) is 4.79 Å². The van der Waals surface area contributed by atoms with E-state index in [1.807, 2.05) is 61.5 Å². The Balaban J connectivity index is 2.05. The van der Waals surface area contributed by atoms with Gasteiger partial charge in [-0.2, -0.15) is 0 Å². The van der Waals surface area contributed by atoms with Gasteiger partial charge in [-0.05, 0) is 30.5 Å². The zero-order chi connectivity index (χ0) is 16.7. The van der Waals surface area contributed by atoms with Crippen molar-refractivity contribution in [3.8, 4) is 0 Å². The third-order valence-corrected chi connectivity index (χ3v) is 3.86. The van der Waals surface area contributed by atoms with Gasteiger partial charge in [-0.1, -0.05) is 54.6 Å². The second-order valence-corrected chi connectivity index (χ2v) is 5.66. The summed E-state index contributed by atoms with van der Waals surface area (Å²) in [6.07, 6.45) is 0. The number of amides is 1. The Labute approximate surface area is 137 Å². The lowest BCUT2D eigenvalue weighted by molar-refractivity contribution is -0.126. The van der Waals surface area contributed by atoms with Crippen LogP contribution in [0.1, 0.15) is 30.5 Å². The zero-order valence-electron chi connectivity index (χ0n) is 13.7. The maximum absolute atomic E-state index is 12.5. The number of hydrogen-bond donors (Lipinski definition) is 2. The van der Waals surface area contributed by atoms with E-state index in [0.29, 0.717) is 19.8 Å². The van der Waals surface area contributed by atoms with Gasteiger partial charge in [0.2, 0.25) is 5.91 Å². The van der Waals surface area contributed by atoms with Crippen LogP contribution >= 0.6 is 0 Å². The van der Waals surface area contributed by atoms with Crippen LogP contribution in [-0.4, -0.2) is 12.5 Å². The van der Waals surface area contributed by atoms with Crippen molar-refractivity contribution in [2.75, 3.05) is 6.61 Å². The second-order valence-electron chi connectivity index (χ2n) is 5.66. The van der Waals surface area contributed by atoms with Gasteiger partial charge in [0.25, 0.3) is 0 Å². The largest absolute Gasteiger partial charge is 0.377 e. The minimum Gasteiger partial charge on any atom is -0.377 e. The van der Waals surface area contributed by atoms with Crippen LogP contribution in [0.4, 0.5) is 0 Å². The van der Waals surface area contributed by atoms with Gasteiger partial charge < -0.3 is 15.8 Å². The first-order valence-corrected chi connectivity index (χ1v) is 7.83. The van der Waals surface area contributed by atoms with Gasteiger partial charge in [0.1, 0.15) is 5.54 Å². The van der Waals surface area contributed by atoms with Gasteiger partial charge in [-0.25, -0.2) is 0 Å². The quantitative estimate of drug-likeness (QED) is 0.826. The molecule has 1 amide bonds. The minimum absolute atomic E-state index is 0.199. The third-order valence-electron chi connectivity index (χ3n) is 3.86. The summed E-state index contributed by atoms with van der Waals surface area (Å²) in [5, 5.41) is 2.94. The Morgan fingerprint density at radius 1 is 1.09 bits per heavy atom. The monoisotopic (exact) mass is 312 g/mol. The zero-order valence-corrected chi connectivity index (χ0v) is 13.7. The van der Waals surface area contributed by atoms with E-state index in [9.17, 15) is 4.79 Å². The van der Waals surface area contributed by atoms with Gasteiger partial charge in [0.05, 0.1) is 6.61 Å². The predicted molar refractivity (Wildman–Crippen MR) is 91.6 cm³/mol. The van der Waals surface area contributed by atoms with Crippen LogP contribution < -0.4 is 11.1 Å². The van der Waals surface area contributed by atoms with Crippen molar-refractivity contribution >= 4 is 5.91 Å². The highest BCUT2D eigenvalue weighted by atomic mass is 16.5. The summed E-state index contributed by atoms with van der Waals surface area (Å²) in [6.45, 7) is 5.33. The molecule has 0 fully saturated rings. The molecule has 122 valence electrons. The molecule has 0 spiro atoms. The maximum atomic E-state index is 12.5. The van der Waals surface area contributed by atoms with Crippen molar-refractivity contribution in [1.29, 1.82) is 0 Å². The first-order chi connectivity index (χ1) is 11.1. The highest BCUT2D eigenvalue weighted by Crippen LogP contribution is 2.18. The Hall–Kier alpha value is -2.17. The van der Waals surface area contributed by atoms with Gasteiger partial charge in [0.15, 0.2) is 0 Å². The van der Waals surface area contributed by atoms with Crippen LogP contribution in [0.2, 0.25) is 0 Å². The summed E-state index contributed by atoms with van der Waals surface area (Å²) >= 11 is 0. The number of nitrogens with two attached hydrogens (primary N) is 1. The van der Waals surface area contributed by atoms with E-state index in [4.69, 9.17) is 10.5 Å². The Bertz CT molecular complexity index is 639. The molecule has 0 radical (unpaired) electrons. The first kappa shape index (κ1) is 17.2. The predicted octanol–water partition coefficient (Wildman–Crippen LogP) is 2.71. The minimum atomic E-state index is -1.06. The molecule has 0 saturated carbocycles. The van der Waals surface area contributed by atoms with Crippen LogP contribution in [0, 0.1) is 0 Å². The molecule has 0 aliphatic carbocycles. The van der Waals surface area contributed by atoms with E-state index >= 15 is 0 Å². The van der Waals surface area contributed by atoms with Gasteiger partial charge >= 0.3 is 0 Å². The molecule has 0 bridgehead atoms. The molecular formula is C19H24N2O2. The Morgan fingerprint density at radius 2 is 1.70 bits per heavy atom. The number of carbonyl (C=O) groups excluding carboxylic acids is 1. The van der Waals surface area contributed by atoms with Crippen LogP contribution in [-0.2, 0) is 28.2 Å². The average molecular weight is 312 g/mol. The molecule has 0 heterocycles. The van der Waals surface area contributed by atoms with E-state index in [0.717, 1.165) is 16.7 Å². The van der Waals surface area contributed by atoms with Crippen LogP contribution in [0.3, 0.4) is 0 Å². The molecule has 4 nitrogen and oxygen atoms in total. The van der Waals surface area contributed by atoms with Crippen molar-refractivity contribution < 1.29 is 9.53 Å². The van der Waals surface area contributed by atoms with Crippen LogP contribution in [0.5, 0.6) is 0 Å². The maximum Gasteiger partial charge on any atom is 0.244 e. The van der Waals surface area contributed by atoms with Crippen LogP contribution in [0.25, 0.3) is 0 Å². The van der Waals surface area contributed by atoms with Crippen molar-refractivity contribution in [2.24, 2.45) is 5.73 Å². The smallest absolute Gasteiger partial charge is 0.244 e. The third kappa shape index (κ3) is 4.41. The molecule has 3 N–H and O–H groups in total. The van der Waals surface area contributed by atoms with Crippen LogP contribution in [0.15, 0.2) is 54.6 Å². The number of benzene rings is 2. The highest BCUT2D eigenvalue weighted by Gasteiger charge is 2.30. The molecule has 0 saturated heterocycles. The van der Waals surface area contributed by atoms with Crippen molar-refractivity contribution in [2.45, 2.75) is 32.5 Å². The average Bonchev–Trinajstić information content (AvgIpc) is 2.59.